The lowest BCUT2D eigenvalue weighted by atomic mass is 10.0. The molecular weight excluding hydrogens is 302 g/mol. The Kier molecular flexibility index (Phi) is 7.76. The second-order valence-electron chi connectivity index (χ2n) is 5.27. The fourth-order valence-corrected chi connectivity index (χ4v) is 2.19. The Morgan fingerprint density at radius 2 is 1.78 bits per heavy atom. The summed E-state index contributed by atoms with van der Waals surface area (Å²) in [6.07, 6.45) is -0.302. The van der Waals surface area contributed by atoms with Gasteiger partial charge in [0.15, 0.2) is 0 Å². The van der Waals surface area contributed by atoms with Gasteiger partial charge in [0.25, 0.3) is 0 Å². The number of carboxylic acids is 2. The van der Waals surface area contributed by atoms with Gasteiger partial charge in [-0.3, -0.25) is 14.4 Å². The molecule has 7 heteroatoms. The maximum Gasteiger partial charge on any atom is 0.308 e. The number of rotatable bonds is 11. The van der Waals surface area contributed by atoms with E-state index >= 15 is 0 Å². The van der Waals surface area contributed by atoms with Gasteiger partial charge < -0.3 is 20.2 Å². The zero-order valence-electron chi connectivity index (χ0n) is 12.7. The summed E-state index contributed by atoms with van der Waals surface area (Å²) in [7, 11) is 0. The fourth-order valence-electron chi connectivity index (χ4n) is 2.19. The summed E-state index contributed by atoms with van der Waals surface area (Å²) in [6.45, 7) is -0.220. The van der Waals surface area contributed by atoms with Crippen LogP contribution in [0.25, 0.3) is 0 Å². The third-order valence-electron chi connectivity index (χ3n) is 3.54. The molecule has 0 radical (unpaired) electrons. The van der Waals surface area contributed by atoms with E-state index in [0.717, 1.165) is 10.5 Å². The molecule has 3 N–H and O–H groups in total. The summed E-state index contributed by atoms with van der Waals surface area (Å²) >= 11 is 0. The lowest BCUT2D eigenvalue weighted by Crippen LogP contribution is -2.40. The predicted molar refractivity (Wildman–Crippen MR) is 81.5 cm³/mol. The standard InChI is InChI=1S/C16H21NO6/c18-11-17(10-13(16(22)23)7-9-15(20)21)14(19)8-6-12-4-2-1-3-5-12/h1-5,11,13-14,19H,6-10H2,(H,20,21)(H,22,23). The van der Waals surface area contributed by atoms with Crippen LogP contribution in [0.1, 0.15) is 24.8 Å². The van der Waals surface area contributed by atoms with E-state index in [0.29, 0.717) is 12.8 Å². The Hall–Kier alpha value is -2.41. The average Bonchev–Trinajstić information content (AvgIpc) is 2.53. The van der Waals surface area contributed by atoms with E-state index in [4.69, 9.17) is 10.2 Å². The SMILES string of the molecule is O=CN(CC(CCC(=O)O)C(=O)O)C(O)CCc1ccccc1. The molecule has 7 nitrogen and oxygen atoms in total. The number of aliphatic hydroxyl groups excluding tert-OH is 1. The van der Waals surface area contributed by atoms with Gasteiger partial charge in [-0.25, -0.2) is 0 Å². The molecule has 126 valence electrons. The highest BCUT2D eigenvalue weighted by atomic mass is 16.4. The van der Waals surface area contributed by atoms with Crippen molar-refractivity contribution in [2.45, 2.75) is 31.9 Å². The van der Waals surface area contributed by atoms with Gasteiger partial charge in [-0.1, -0.05) is 30.3 Å². The topological polar surface area (TPSA) is 115 Å². The second kappa shape index (κ2) is 9.58. The van der Waals surface area contributed by atoms with Crippen LogP contribution in [0.2, 0.25) is 0 Å². The molecule has 2 atom stereocenters. The molecule has 0 heterocycles. The van der Waals surface area contributed by atoms with Gasteiger partial charge in [-0.05, 0) is 24.8 Å². The van der Waals surface area contributed by atoms with Crippen LogP contribution in [0.5, 0.6) is 0 Å². The highest BCUT2D eigenvalue weighted by Gasteiger charge is 2.24. The molecule has 0 aliphatic rings. The lowest BCUT2D eigenvalue weighted by molar-refractivity contribution is -0.145. The molecule has 1 aromatic rings. The van der Waals surface area contributed by atoms with E-state index in [2.05, 4.69) is 0 Å². The van der Waals surface area contributed by atoms with Crippen LogP contribution in [0.4, 0.5) is 0 Å². The number of aryl methyl sites for hydroxylation is 1. The van der Waals surface area contributed by atoms with E-state index in [1.54, 1.807) is 0 Å². The van der Waals surface area contributed by atoms with Gasteiger partial charge >= 0.3 is 11.9 Å². The van der Waals surface area contributed by atoms with Crippen LogP contribution in [-0.2, 0) is 20.8 Å². The molecule has 23 heavy (non-hydrogen) atoms. The van der Waals surface area contributed by atoms with Crippen LogP contribution in [0, 0.1) is 5.92 Å². The highest BCUT2D eigenvalue weighted by Crippen LogP contribution is 2.13. The average molecular weight is 323 g/mol. The summed E-state index contributed by atoms with van der Waals surface area (Å²) in [4.78, 5) is 33.8. The number of aliphatic hydroxyl groups is 1. The maximum atomic E-state index is 11.1. The van der Waals surface area contributed by atoms with Crippen molar-refractivity contribution in [2.75, 3.05) is 6.54 Å². The van der Waals surface area contributed by atoms with Gasteiger partial charge in [0.2, 0.25) is 6.41 Å². The number of carboxylic acid groups (broad SMARTS) is 2. The summed E-state index contributed by atoms with van der Waals surface area (Å²) in [6, 6.07) is 9.39. The van der Waals surface area contributed by atoms with E-state index < -0.39 is 24.1 Å². The molecule has 1 amide bonds. The first-order valence-electron chi connectivity index (χ1n) is 7.31. The van der Waals surface area contributed by atoms with Crippen LogP contribution in [0.15, 0.2) is 30.3 Å². The Morgan fingerprint density at radius 1 is 1.13 bits per heavy atom. The Bertz CT molecular complexity index is 519. The molecule has 0 saturated heterocycles. The minimum absolute atomic E-state index is 0.0968. The Balaban J connectivity index is 2.56. The number of carbonyl (C=O) groups is 3. The summed E-state index contributed by atoms with van der Waals surface area (Å²) in [5.41, 5.74) is 0.998. The van der Waals surface area contributed by atoms with Crippen molar-refractivity contribution < 1.29 is 29.7 Å². The molecule has 0 saturated carbocycles. The van der Waals surface area contributed by atoms with E-state index in [-0.39, 0.29) is 25.8 Å². The Morgan fingerprint density at radius 3 is 2.30 bits per heavy atom. The van der Waals surface area contributed by atoms with Gasteiger partial charge in [0.1, 0.15) is 6.23 Å². The summed E-state index contributed by atoms with van der Waals surface area (Å²) < 4.78 is 0. The van der Waals surface area contributed by atoms with Gasteiger partial charge in [-0.15, -0.1) is 0 Å². The van der Waals surface area contributed by atoms with Crippen LogP contribution < -0.4 is 0 Å². The highest BCUT2D eigenvalue weighted by molar-refractivity contribution is 5.72. The van der Waals surface area contributed by atoms with Crippen molar-refractivity contribution in [2.24, 2.45) is 5.92 Å². The Labute approximate surface area is 134 Å². The van der Waals surface area contributed by atoms with Gasteiger partial charge in [0.05, 0.1) is 5.92 Å². The maximum absolute atomic E-state index is 11.1. The van der Waals surface area contributed by atoms with Crippen molar-refractivity contribution in [3.63, 3.8) is 0 Å². The molecule has 1 aromatic carbocycles. The number of carbonyl (C=O) groups excluding carboxylic acids is 1. The number of hydrogen-bond acceptors (Lipinski definition) is 4. The van der Waals surface area contributed by atoms with E-state index in [9.17, 15) is 19.5 Å². The molecule has 0 bridgehead atoms. The normalized spacial score (nSPS) is 13.1. The fraction of sp³-hybridized carbons (Fsp3) is 0.438. The predicted octanol–water partition coefficient (Wildman–Crippen LogP) is 0.962. The zero-order chi connectivity index (χ0) is 17.2. The van der Waals surface area contributed by atoms with Crippen LogP contribution in [0.3, 0.4) is 0 Å². The number of benzene rings is 1. The number of hydrogen-bond donors (Lipinski definition) is 3. The third kappa shape index (κ3) is 6.92. The molecule has 1 rings (SSSR count). The first kappa shape index (κ1) is 18.6. The van der Waals surface area contributed by atoms with E-state index in [1.807, 2.05) is 30.3 Å². The number of amides is 1. The first-order chi connectivity index (χ1) is 10.9. The van der Waals surface area contributed by atoms with Crippen molar-refractivity contribution in [1.29, 1.82) is 0 Å². The number of nitrogens with zero attached hydrogens (tertiary/aromatic N) is 1. The smallest absolute Gasteiger partial charge is 0.308 e. The minimum Gasteiger partial charge on any atom is -0.481 e. The van der Waals surface area contributed by atoms with E-state index in [1.165, 1.54) is 0 Å². The summed E-state index contributed by atoms with van der Waals surface area (Å²) in [5, 5.41) is 27.8. The lowest BCUT2D eigenvalue weighted by Gasteiger charge is -2.26. The largest absolute Gasteiger partial charge is 0.481 e. The molecule has 0 fully saturated rings. The molecule has 2 unspecified atom stereocenters. The van der Waals surface area contributed by atoms with Crippen LogP contribution in [-0.4, -0.2) is 51.3 Å². The minimum atomic E-state index is -1.19. The van der Waals surface area contributed by atoms with Gasteiger partial charge in [0, 0.05) is 13.0 Å². The molecule has 0 aliphatic carbocycles. The third-order valence-corrected chi connectivity index (χ3v) is 3.54. The monoisotopic (exact) mass is 323 g/mol. The molecule has 0 spiro atoms. The second-order valence-corrected chi connectivity index (χ2v) is 5.27. The summed E-state index contributed by atoms with van der Waals surface area (Å²) in [5.74, 6) is -3.31. The number of aliphatic carboxylic acids is 2. The van der Waals surface area contributed by atoms with Crippen molar-refractivity contribution in [3.05, 3.63) is 35.9 Å². The van der Waals surface area contributed by atoms with Crippen molar-refractivity contribution >= 4 is 18.3 Å². The van der Waals surface area contributed by atoms with Crippen molar-refractivity contribution in [3.8, 4) is 0 Å². The molecule has 0 aromatic heterocycles. The van der Waals surface area contributed by atoms with Gasteiger partial charge in [-0.2, -0.15) is 0 Å². The van der Waals surface area contributed by atoms with Crippen LogP contribution >= 0.6 is 0 Å². The molecular formula is C16H21NO6. The molecule has 0 aliphatic heterocycles. The first-order valence-corrected chi connectivity index (χ1v) is 7.31. The quantitative estimate of drug-likeness (QED) is 0.413. The zero-order valence-corrected chi connectivity index (χ0v) is 12.7. The van der Waals surface area contributed by atoms with Crippen molar-refractivity contribution in [1.82, 2.24) is 4.90 Å².